The van der Waals surface area contributed by atoms with E-state index in [1.807, 2.05) is 44.3 Å². The standard InChI is InChI=1S/C9H7N.C3H8.C2H6/c1-2-6-9-8(4-1)5-3-7-10-9;1-3-2;1-2/h1-7H;3H2,1-2H3;1-2H3. The summed E-state index contributed by atoms with van der Waals surface area (Å²) in [6.45, 7) is 8.25. The zero-order valence-electron chi connectivity index (χ0n) is 10.2. The normalized spacial score (nSPS) is 8.27. The Bertz CT molecular complexity index is 290. The van der Waals surface area contributed by atoms with Crippen LogP contribution in [0.4, 0.5) is 0 Å². The molecule has 0 fully saturated rings. The highest BCUT2D eigenvalue weighted by atomic mass is 14.6. The largest absolute Gasteiger partial charge is 0.256 e. The lowest BCUT2D eigenvalue weighted by Crippen LogP contribution is -1.73. The zero-order valence-corrected chi connectivity index (χ0v) is 10.2. The summed E-state index contributed by atoms with van der Waals surface area (Å²) in [5, 5.41) is 1.20. The van der Waals surface area contributed by atoms with E-state index in [1.54, 1.807) is 0 Å². The summed E-state index contributed by atoms with van der Waals surface area (Å²) >= 11 is 0. The number of rotatable bonds is 0. The van der Waals surface area contributed by atoms with Gasteiger partial charge < -0.3 is 0 Å². The minimum absolute atomic E-state index is 1.06. The van der Waals surface area contributed by atoms with E-state index in [2.05, 4.69) is 31.0 Å². The van der Waals surface area contributed by atoms with Gasteiger partial charge in [-0.1, -0.05) is 58.4 Å². The summed E-state index contributed by atoms with van der Waals surface area (Å²) in [6, 6.07) is 12.1. The Hall–Kier alpha value is -1.37. The van der Waals surface area contributed by atoms with Gasteiger partial charge in [0.05, 0.1) is 5.52 Å². The predicted molar refractivity (Wildman–Crippen MR) is 69.1 cm³/mol. The summed E-state index contributed by atoms with van der Waals surface area (Å²) in [5.74, 6) is 0. The maximum Gasteiger partial charge on any atom is 0.0701 e. The Morgan fingerprint density at radius 3 is 2.07 bits per heavy atom. The number of fused-ring (bicyclic) bond motifs is 1. The monoisotopic (exact) mass is 203 g/mol. The lowest BCUT2D eigenvalue weighted by molar-refractivity contribution is 1.09. The molecule has 0 unspecified atom stereocenters. The first-order valence-corrected chi connectivity index (χ1v) is 5.68. The van der Waals surface area contributed by atoms with Gasteiger partial charge >= 0.3 is 0 Å². The van der Waals surface area contributed by atoms with Crippen molar-refractivity contribution in [2.45, 2.75) is 34.1 Å². The molecule has 2 aromatic rings. The van der Waals surface area contributed by atoms with Gasteiger partial charge in [-0.3, -0.25) is 4.98 Å². The van der Waals surface area contributed by atoms with Crippen LogP contribution in [-0.2, 0) is 0 Å². The Morgan fingerprint density at radius 2 is 1.47 bits per heavy atom. The maximum absolute atomic E-state index is 4.18. The van der Waals surface area contributed by atoms with Crippen LogP contribution in [0.2, 0.25) is 0 Å². The van der Waals surface area contributed by atoms with Crippen molar-refractivity contribution in [3.8, 4) is 0 Å². The number of hydrogen-bond donors (Lipinski definition) is 0. The molecule has 82 valence electrons. The van der Waals surface area contributed by atoms with Crippen molar-refractivity contribution in [3.63, 3.8) is 0 Å². The van der Waals surface area contributed by atoms with Crippen LogP contribution < -0.4 is 0 Å². The molecule has 0 aliphatic heterocycles. The second kappa shape index (κ2) is 9.20. The van der Waals surface area contributed by atoms with Gasteiger partial charge in [-0.05, 0) is 12.1 Å². The van der Waals surface area contributed by atoms with Gasteiger partial charge in [0.2, 0.25) is 0 Å². The Balaban J connectivity index is 0.000000342. The van der Waals surface area contributed by atoms with E-state index in [4.69, 9.17) is 0 Å². The molecule has 0 atom stereocenters. The maximum atomic E-state index is 4.18. The summed E-state index contributed by atoms with van der Waals surface area (Å²) in [5.41, 5.74) is 1.06. The molecule has 0 aliphatic carbocycles. The molecule has 1 aromatic heterocycles. The van der Waals surface area contributed by atoms with Crippen molar-refractivity contribution >= 4 is 10.9 Å². The van der Waals surface area contributed by atoms with E-state index in [1.165, 1.54) is 11.8 Å². The van der Waals surface area contributed by atoms with Crippen LogP contribution >= 0.6 is 0 Å². The molecule has 0 aliphatic rings. The number of hydrogen-bond acceptors (Lipinski definition) is 1. The van der Waals surface area contributed by atoms with Crippen LogP contribution in [-0.4, -0.2) is 4.98 Å². The van der Waals surface area contributed by atoms with Gasteiger partial charge in [-0.25, -0.2) is 0 Å². The fourth-order valence-corrected chi connectivity index (χ4v) is 1.02. The van der Waals surface area contributed by atoms with Crippen LogP contribution in [0.3, 0.4) is 0 Å². The Labute approximate surface area is 93.2 Å². The highest BCUT2D eigenvalue weighted by Gasteiger charge is 1.86. The fraction of sp³-hybridized carbons (Fsp3) is 0.357. The topological polar surface area (TPSA) is 12.9 Å². The first-order valence-electron chi connectivity index (χ1n) is 5.68. The van der Waals surface area contributed by atoms with Crippen molar-refractivity contribution in [2.24, 2.45) is 0 Å². The van der Waals surface area contributed by atoms with Crippen molar-refractivity contribution in [1.82, 2.24) is 4.98 Å². The van der Waals surface area contributed by atoms with Gasteiger partial charge in [0.1, 0.15) is 0 Å². The minimum atomic E-state index is 1.06. The molecule has 2 rings (SSSR count). The van der Waals surface area contributed by atoms with Gasteiger partial charge in [-0.2, -0.15) is 0 Å². The number of para-hydroxylation sites is 1. The van der Waals surface area contributed by atoms with Crippen molar-refractivity contribution in [1.29, 1.82) is 0 Å². The molecule has 0 saturated heterocycles. The van der Waals surface area contributed by atoms with Crippen molar-refractivity contribution in [2.75, 3.05) is 0 Å². The van der Waals surface area contributed by atoms with E-state index in [0.29, 0.717) is 0 Å². The molecule has 0 bridgehead atoms. The summed E-state index contributed by atoms with van der Waals surface area (Å²) < 4.78 is 0. The summed E-state index contributed by atoms with van der Waals surface area (Å²) in [6.07, 6.45) is 3.06. The average molecular weight is 203 g/mol. The van der Waals surface area contributed by atoms with Gasteiger partial charge in [0, 0.05) is 11.6 Å². The zero-order chi connectivity index (χ0) is 11.5. The second-order valence-corrected chi connectivity index (χ2v) is 2.90. The molecule has 1 heteroatoms. The fourth-order valence-electron chi connectivity index (χ4n) is 1.02. The molecule has 0 saturated carbocycles. The lowest BCUT2D eigenvalue weighted by atomic mass is 10.2. The second-order valence-electron chi connectivity index (χ2n) is 2.90. The van der Waals surface area contributed by atoms with Crippen LogP contribution in [0.15, 0.2) is 42.6 Å². The molecule has 15 heavy (non-hydrogen) atoms. The number of nitrogens with zero attached hydrogens (tertiary/aromatic N) is 1. The van der Waals surface area contributed by atoms with E-state index >= 15 is 0 Å². The summed E-state index contributed by atoms with van der Waals surface area (Å²) in [4.78, 5) is 4.18. The number of benzene rings is 1. The van der Waals surface area contributed by atoms with E-state index in [9.17, 15) is 0 Å². The Morgan fingerprint density at radius 1 is 0.933 bits per heavy atom. The first kappa shape index (κ1) is 13.6. The number of pyridine rings is 1. The van der Waals surface area contributed by atoms with Crippen molar-refractivity contribution < 1.29 is 0 Å². The molecule has 0 N–H and O–H groups in total. The quantitative estimate of drug-likeness (QED) is 0.606. The van der Waals surface area contributed by atoms with E-state index in [0.717, 1.165) is 5.52 Å². The third-order valence-electron chi connectivity index (χ3n) is 1.51. The van der Waals surface area contributed by atoms with Crippen molar-refractivity contribution in [3.05, 3.63) is 42.6 Å². The van der Waals surface area contributed by atoms with Gasteiger partial charge in [0.25, 0.3) is 0 Å². The van der Waals surface area contributed by atoms with Crippen LogP contribution in [0.1, 0.15) is 34.1 Å². The minimum Gasteiger partial charge on any atom is -0.256 e. The lowest BCUT2D eigenvalue weighted by Gasteiger charge is -1.91. The van der Waals surface area contributed by atoms with Gasteiger partial charge in [0.15, 0.2) is 0 Å². The third kappa shape index (κ3) is 5.16. The SMILES string of the molecule is CC.CCC.c1ccc2ncccc2c1. The molecular weight excluding hydrogens is 182 g/mol. The summed E-state index contributed by atoms with van der Waals surface area (Å²) in [7, 11) is 0. The molecule has 1 aromatic carbocycles. The van der Waals surface area contributed by atoms with Crippen LogP contribution in [0.5, 0.6) is 0 Å². The van der Waals surface area contributed by atoms with E-state index < -0.39 is 0 Å². The third-order valence-corrected chi connectivity index (χ3v) is 1.51. The highest BCUT2D eigenvalue weighted by molar-refractivity contribution is 5.77. The molecule has 0 spiro atoms. The highest BCUT2D eigenvalue weighted by Crippen LogP contribution is 2.07. The molecule has 1 heterocycles. The Kier molecular flexibility index (Phi) is 8.36. The first-order chi connectivity index (χ1) is 7.38. The average Bonchev–Trinajstić information content (AvgIpc) is 2.33. The van der Waals surface area contributed by atoms with Crippen LogP contribution in [0.25, 0.3) is 10.9 Å². The number of aromatic nitrogens is 1. The molecule has 0 amide bonds. The predicted octanol–water partition coefficient (Wildman–Crippen LogP) is 4.68. The van der Waals surface area contributed by atoms with Gasteiger partial charge in [-0.15, -0.1) is 0 Å². The smallest absolute Gasteiger partial charge is 0.0701 e. The van der Waals surface area contributed by atoms with E-state index in [-0.39, 0.29) is 0 Å². The molecular formula is C14H21N. The van der Waals surface area contributed by atoms with Crippen LogP contribution in [0, 0.1) is 0 Å². The molecule has 0 radical (unpaired) electrons. The molecule has 1 nitrogen and oxygen atoms in total.